The molecule has 1 aromatic carbocycles. The first kappa shape index (κ1) is 26.1. The van der Waals surface area contributed by atoms with Crippen LogP contribution in [0, 0.1) is 11.8 Å². The fourth-order valence-corrected chi connectivity index (χ4v) is 3.68. The van der Waals surface area contributed by atoms with Crippen LogP contribution in [0.5, 0.6) is 0 Å². The second-order valence-corrected chi connectivity index (χ2v) is 7.36. The minimum Gasteiger partial charge on any atom is -0.383 e. The maximum atomic E-state index is 11.9. The van der Waals surface area contributed by atoms with Crippen LogP contribution in [0.2, 0.25) is 0 Å². The Morgan fingerprint density at radius 3 is 2.41 bits per heavy atom. The molecule has 1 aliphatic heterocycles. The van der Waals surface area contributed by atoms with E-state index in [1.54, 1.807) is 7.11 Å². The van der Waals surface area contributed by atoms with E-state index in [2.05, 4.69) is 47.6 Å². The average molecular weight is 420 g/mol. The lowest BCUT2D eigenvalue weighted by Crippen LogP contribution is -2.38. The number of amides is 1. The highest BCUT2D eigenvalue weighted by atomic mass is 35.5. The molecule has 27 heavy (non-hydrogen) atoms. The molecule has 1 fully saturated rings. The van der Waals surface area contributed by atoms with E-state index < -0.39 is 0 Å². The smallest absolute Gasteiger partial charge is 0.234 e. The van der Waals surface area contributed by atoms with E-state index >= 15 is 0 Å². The molecule has 0 aliphatic carbocycles. The maximum absolute atomic E-state index is 11.9. The number of nitrogens with one attached hydrogen (secondary N) is 2. The van der Waals surface area contributed by atoms with Gasteiger partial charge in [0.2, 0.25) is 5.91 Å². The van der Waals surface area contributed by atoms with Crippen molar-refractivity contribution in [3.8, 4) is 0 Å². The summed E-state index contributed by atoms with van der Waals surface area (Å²) in [6.07, 6.45) is 1.32. The van der Waals surface area contributed by atoms with Gasteiger partial charge in [0.1, 0.15) is 0 Å². The number of carbonyl (C=O) groups excluding carboxylic acids is 1. The lowest BCUT2D eigenvalue weighted by molar-refractivity contribution is -0.120. The summed E-state index contributed by atoms with van der Waals surface area (Å²) in [6.45, 7) is 10.2. The second kappa shape index (κ2) is 14.2. The van der Waals surface area contributed by atoms with Crippen LogP contribution in [0.1, 0.15) is 31.4 Å². The van der Waals surface area contributed by atoms with Gasteiger partial charge in [0.05, 0.1) is 13.2 Å². The molecule has 2 rings (SSSR count). The molecule has 0 radical (unpaired) electrons. The monoisotopic (exact) mass is 419 g/mol. The van der Waals surface area contributed by atoms with Gasteiger partial charge in [-0.15, -0.1) is 24.8 Å². The number of halogens is 2. The summed E-state index contributed by atoms with van der Waals surface area (Å²) in [5.41, 5.74) is 2.52. The number of benzene rings is 1. The van der Waals surface area contributed by atoms with Gasteiger partial charge in [-0.1, -0.05) is 38.1 Å². The number of hydrogen-bond donors (Lipinski definition) is 2. The first-order valence-electron chi connectivity index (χ1n) is 9.34. The Kier molecular flexibility index (Phi) is 13.7. The third-order valence-electron chi connectivity index (χ3n) is 4.70. The Morgan fingerprint density at radius 2 is 1.78 bits per heavy atom. The number of ether oxygens (including phenoxy) is 1. The first-order valence-corrected chi connectivity index (χ1v) is 9.34. The first-order chi connectivity index (χ1) is 12.1. The van der Waals surface area contributed by atoms with Crippen LogP contribution in [0.25, 0.3) is 0 Å². The van der Waals surface area contributed by atoms with Gasteiger partial charge >= 0.3 is 0 Å². The minimum atomic E-state index is 0. The van der Waals surface area contributed by atoms with E-state index in [4.69, 9.17) is 4.74 Å². The van der Waals surface area contributed by atoms with Gasteiger partial charge in [-0.25, -0.2) is 0 Å². The Labute approximate surface area is 176 Å². The van der Waals surface area contributed by atoms with E-state index in [-0.39, 0.29) is 30.7 Å². The summed E-state index contributed by atoms with van der Waals surface area (Å²) in [5.74, 6) is 1.54. The molecule has 1 saturated heterocycles. The lowest BCUT2D eigenvalue weighted by Gasteiger charge is -2.35. The highest BCUT2D eigenvalue weighted by Gasteiger charge is 2.22. The van der Waals surface area contributed by atoms with Crippen molar-refractivity contribution in [3.63, 3.8) is 0 Å². The van der Waals surface area contributed by atoms with E-state index in [9.17, 15) is 4.79 Å². The summed E-state index contributed by atoms with van der Waals surface area (Å²) in [6, 6.07) is 8.43. The fourth-order valence-electron chi connectivity index (χ4n) is 3.68. The van der Waals surface area contributed by atoms with Crippen molar-refractivity contribution >= 4 is 30.7 Å². The van der Waals surface area contributed by atoms with E-state index in [0.29, 0.717) is 26.2 Å². The summed E-state index contributed by atoms with van der Waals surface area (Å²) in [5, 5.41) is 6.08. The van der Waals surface area contributed by atoms with Crippen LogP contribution in [-0.4, -0.2) is 50.7 Å². The van der Waals surface area contributed by atoms with E-state index in [0.717, 1.165) is 31.5 Å². The molecular weight excluding hydrogens is 385 g/mol. The van der Waals surface area contributed by atoms with Crippen molar-refractivity contribution in [2.45, 2.75) is 33.4 Å². The van der Waals surface area contributed by atoms with Crippen molar-refractivity contribution in [1.82, 2.24) is 15.5 Å². The summed E-state index contributed by atoms with van der Waals surface area (Å²) in [7, 11) is 1.66. The van der Waals surface area contributed by atoms with Gasteiger partial charge in [0.25, 0.3) is 0 Å². The van der Waals surface area contributed by atoms with Crippen LogP contribution in [0.3, 0.4) is 0 Å². The molecule has 1 amide bonds. The second-order valence-electron chi connectivity index (χ2n) is 7.36. The standard InChI is InChI=1S/C20H33N3O2.2ClH/c1-16-10-17(2)14-23(13-16)15-19-7-5-4-6-18(19)11-22-20(24)12-21-8-9-25-3;;/h4-7,16-17,21H,8-15H2,1-3H3,(H,22,24);2*1H. The Balaban J connectivity index is 0.00000338. The molecule has 1 heterocycles. The van der Waals surface area contributed by atoms with Crippen molar-refractivity contribution in [2.75, 3.05) is 39.9 Å². The zero-order valence-electron chi connectivity index (χ0n) is 16.7. The molecule has 2 atom stereocenters. The zero-order chi connectivity index (χ0) is 18.1. The van der Waals surface area contributed by atoms with Crippen LogP contribution in [0.4, 0.5) is 0 Å². The predicted molar refractivity (Wildman–Crippen MR) is 116 cm³/mol. The van der Waals surface area contributed by atoms with Crippen molar-refractivity contribution in [3.05, 3.63) is 35.4 Å². The van der Waals surface area contributed by atoms with Crippen LogP contribution >= 0.6 is 24.8 Å². The SMILES string of the molecule is COCCNCC(=O)NCc1ccccc1CN1CC(C)CC(C)C1.Cl.Cl. The highest BCUT2D eigenvalue weighted by molar-refractivity contribution is 5.85. The molecule has 0 spiro atoms. The molecule has 0 bridgehead atoms. The molecule has 2 unspecified atom stereocenters. The van der Waals surface area contributed by atoms with Gasteiger partial charge in [-0.3, -0.25) is 9.69 Å². The van der Waals surface area contributed by atoms with Crippen LogP contribution in [-0.2, 0) is 22.6 Å². The molecule has 2 N–H and O–H groups in total. The largest absolute Gasteiger partial charge is 0.383 e. The van der Waals surface area contributed by atoms with Gasteiger partial charge in [0.15, 0.2) is 0 Å². The fraction of sp³-hybridized carbons (Fsp3) is 0.650. The molecule has 1 aromatic rings. The normalized spacial score (nSPS) is 19.7. The molecule has 0 saturated carbocycles. The quantitative estimate of drug-likeness (QED) is 0.604. The van der Waals surface area contributed by atoms with Crippen LogP contribution in [0.15, 0.2) is 24.3 Å². The predicted octanol–water partition coefficient (Wildman–Crippen LogP) is 2.86. The van der Waals surface area contributed by atoms with Crippen LogP contribution < -0.4 is 10.6 Å². The minimum absolute atomic E-state index is 0. The van der Waals surface area contributed by atoms with Crippen molar-refractivity contribution in [2.24, 2.45) is 11.8 Å². The number of likely N-dealkylation sites (tertiary alicyclic amines) is 1. The van der Waals surface area contributed by atoms with Crippen molar-refractivity contribution < 1.29 is 9.53 Å². The number of piperidine rings is 1. The van der Waals surface area contributed by atoms with Gasteiger partial charge < -0.3 is 15.4 Å². The summed E-state index contributed by atoms with van der Waals surface area (Å²) in [4.78, 5) is 14.5. The molecule has 156 valence electrons. The number of nitrogens with zero attached hydrogens (tertiary/aromatic N) is 1. The summed E-state index contributed by atoms with van der Waals surface area (Å²) < 4.78 is 4.96. The van der Waals surface area contributed by atoms with Gasteiger partial charge in [-0.05, 0) is 29.4 Å². The average Bonchev–Trinajstić information content (AvgIpc) is 2.57. The molecular formula is C20H35Cl2N3O2. The number of rotatable bonds is 9. The molecule has 5 nitrogen and oxygen atoms in total. The number of hydrogen-bond acceptors (Lipinski definition) is 4. The highest BCUT2D eigenvalue weighted by Crippen LogP contribution is 2.23. The Morgan fingerprint density at radius 1 is 1.15 bits per heavy atom. The molecule has 0 aromatic heterocycles. The zero-order valence-corrected chi connectivity index (χ0v) is 18.3. The Hall–Kier alpha value is -0.850. The Bertz CT molecular complexity index is 536. The van der Waals surface area contributed by atoms with Crippen molar-refractivity contribution in [1.29, 1.82) is 0 Å². The number of methoxy groups -OCH3 is 1. The topological polar surface area (TPSA) is 53.6 Å². The maximum Gasteiger partial charge on any atom is 0.234 e. The summed E-state index contributed by atoms with van der Waals surface area (Å²) >= 11 is 0. The molecule has 7 heteroatoms. The third-order valence-corrected chi connectivity index (χ3v) is 4.70. The van der Waals surface area contributed by atoms with E-state index in [1.807, 2.05) is 6.07 Å². The third kappa shape index (κ3) is 9.77. The molecule has 1 aliphatic rings. The van der Waals surface area contributed by atoms with E-state index in [1.165, 1.54) is 17.5 Å². The number of carbonyl (C=O) groups is 1. The van der Waals surface area contributed by atoms with Gasteiger partial charge in [0, 0.05) is 39.8 Å². The van der Waals surface area contributed by atoms with Gasteiger partial charge in [-0.2, -0.15) is 0 Å². The lowest BCUT2D eigenvalue weighted by atomic mass is 9.91.